The van der Waals surface area contributed by atoms with Crippen LogP contribution in [-0.4, -0.2) is 28.6 Å². The summed E-state index contributed by atoms with van der Waals surface area (Å²) in [5.74, 6) is -1.56. The Bertz CT molecular complexity index is 961. The van der Waals surface area contributed by atoms with E-state index in [0.717, 1.165) is 27.8 Å². The minimum Gasteiger partial charge on any atom is -0.617 e. The summed E-state index contributed by atoms with van der Waals surface area (Å²) in [7, 11) is 0. The highest BCUT2D eigenvalue weighted by atomic mass is 32.2. The number of hydrogen-bond acceptors (Lipinski definition) is 2. The van der Waals surface area contributed by atoms with Crippen LogP contribution in [0.4, 0.5) is 13.2 Å². The molecule has 0 saturated carbocycles. The van der Waals surface area contributed by atoms with E-state index >= 15 is 0 Å². The molecule has 3 nitrogen and oxygen atoms in total. The summed E-state index contributed by atoms with van der Waals surface area (Å²) in [6, 6.07) is 8.56. The summed E-state index contributed by atoms with van der Waals surface area (Å²) < 4.78 is 52.5. The predicted molar refractivity (Wildman–Crippen MR) is 125 cm³/mol. The van der Waals surface area contributed by atoms with Gasteiger partial charge in [0, 0.05) is 6.54 Å². The van der Waals surface area contributed by atoms with E-state index in [9.17, 15) is 22.5 Å². The van der Waals surface area contributed by atoms with Gasteiger partial charge in [0.15, 0.2) is 0 Å². The van der Waals surface area contributed by atoms with Crippen molar-refractivity contribution in [1.82, 2.24) is 5.32 Å². The molecule has 0 fully saturated rings. The molecule has 1 N–H and O–H groups in total. The summed E-state index contributed by atoms with van der Waals surface area (Å²) in [4.78, 5) is 11.8. The molecule has 0 bridgehead atoms. The molecule has 2 atom stereocenters. The van der Waals surface area contributed by atoms with Crippen LogP contribution in [0, 0.1) is 27.7 Å². The molecule has 2 aromatic carbocycles. The van der Waals surface area contributed by atoms with E-state index in [1.54, 1.807) is 36.6 Å². The maximum absolute atomic E-state index is 13.8. The zero-order chi connectivity index (χ0) is 24.1. The highest BCUT2D eigenvalue weighted by Crippen LogP contribution is 2.37. The minimum atomic E-state index is -4.40. The Labute approximate surface area is 191 Å². The number of hydrogen-bond donors (Lipinski definition) is 1. The first kappa shape index (κ1) is 26.0. The molecule has 0 aliphatic carbocycles. The Hall–Kier alpha value is -2.25. The molecule has 174 valence electrons. The molecule has 2 unspecified atom stereocenters. The topological polar surface area (TPSA) is 52.2 Å². The van der Waals surface area contributed by atoms with Crippen LogP contribution in [0.25, 0.3) is 6.08 Å². The minimum absolute atomic E-state index is 0.180. The molecular formula is C25H30F3NO2S. The van der Waals surface area contributed by atoms with Gasteiger partial charge >= 0.3 is 6.18 Å². The molecule has 0 saturated heterocycles. The monoisotopic (exact) mass is 465 g/mol. The van der Waals surface area contributed by atoms with E-state index in [4.69, 9.17) is 0 Å². The van der Waals surface area contributed by atoms with Crippen LogP contribution in [0.1, 0.15) is 51.3 Å². The Balaban J connectivity index is 2.16. The average Bonchev–Trinajstić information content (AvgIpc) is 2.68. The zero-order valence-corrected chi connectivity index (χ0v) is 19.9. The van der Waals surface area contributed by atoms with Gasteiger partial charge in [0.25, 0.3) is 0 Å². The lowest BCUT2D eigenvalue weighted by atomic mass is 9.91. The number of carbonyl (C=O) groups is 1. The van der Waals surface area contributed by atoms with Crippen LogP contribution in [0.15, 0.2) is 36.4 Å². The molecule has 0 radical (unpaired) electrons. The average molecular weight is 466 g/mol. The van der Waals surface area contributed by atoms with E-state index in [-0.39, 0.29) is 17.9 Å². The Kier molecular flexibility index (Phi) is 8.98. The van der Waals surface area contributed by atoms with Gasteiger partial charge in [-0.05, 0) is 66.6 Å². The number of halogens is 3. The van der Waals surface area contributed by atoms with Gasteiger partial charge < -0.3 is 9.87 Å². The summed E-state index contributed by atoms with van der Waals surface area (Å²) in [6.45, 7) is 7.73. The molecule has 0 spiro atoms. The first-order chi connectivity index (χ1) is 14.9. The standard InChI is InChI=1S/C25H30F3NO2S/c1-16-13-22(14-17(2)19(16)4)23(25(26,27)28)9-7-20-6-8-21(18(3)12-20)15-29-24(30)10-11-32(5)31/h6-9,12-14,23H,10-11,15H2,1-5H3,(H,29,30)/b9-7+. The van der Waals surface area contributed by atoms with Crippen molar-refractivity contribution >= 4 is 23.2 Å². The van der Waals surface area contributed by atoms with Gasteiger partial charge in [-0.3, -0.25) is 4.79 Å². The second-order valence-corrected chi connectivity index (χ2v) is 9.70. The maximum Gasteiger partial charge on any atom is 0.399 e. The van der Waals surface area contributed by atoms with Gasteiger partial charge in [-0.25, -0.2) is 0 Å². The lowest BCUT2D eigenvalue weighted by molar-refractivity contribution is -0.139. The highest BCUT2D eigenvalue weighted by molar-refractivity contribution is 7.90. The van der Waals surface area contributed by atoms with Crippen molar-refractivity contribution in [2.75, 3.05) is 12.0 Å². The molecular weight excluding hydrogens is 435 g/mol. The van der Waals surface area contributed by atoms with Crippen molar-refractivity contribution in [1.29, 1.82) is 0 Å². The molecule has 0 heterocycles. The fraction of sp³-hybridized carbons (Fsp3) is 0.400. The van der Waals surface area contributed by atoms with E-state index in [1.165, 1.54) is 12.2 Å². The summed E-state index contributed by atoms with van der Waals surface area (Å²) in [5.41, 5.74) is 5.33. The van der Waals surface area contributed by atoms with E-state index < -0.39 is 23.3 Å². The molecule has 2 aromatic rings. The van der Waals surface area contributed by atoms with Crippen molar-refractivity contribution in [3.05, 3.63) is 75.4 Å². The second kappa shape index (κ2) is 11.1. The molecule has 32 heavy (non-hydrogen) atoms. The van der Waals surface area contributed by atoms with Crippen molar-refractivity contribution in [3.8, 4) is 0 Å². The fourth-order valence-corrected chi connectivity index (χ4v) is 3.88. The van der Waals surface area contributed by atoms with E-state index in [0.29, 0.717) is 17.9 Å². The van der Waals surface area contributed by atoms with Gasteiger partial charge in [0.2, 0.25) is 5.91 Å². The Morgan fingerprint density at radius 1 is 1.09 bits per heavy atom. The number of rotatable bonds is 8. The zero-order valence-electron chi connectivity index (χ0n) is 19.1. The molecule has 7 heteroatoms. The van der Waals surface area contributed by atoms with Crippen molar-refractivity contribution < 1.29 is 22.5 Å². The summed E-state index contributed by atoms with van der Waals surface area (Å²) in [6.07, 6.45) is 0.0409. The van der Waals surface area contributed by atoms with Crippen molar-refractivity contribution in [2.45, 2.75) is 52.8 Å². The van der Waals surface area contributed by atoms with E-state index in [2.05, 4.69) is 5.32 Å². The lowest BCUT2D eigenvalue weighted by Gasteiger charge is -2.19. The molecule has 0 aliphatic rings. The number of alkyl halides is 3. The van der Waals surface area contributed by atoms with Gasteiger partial charge in [-0.2, -0.15) is 13.2 Å². The number of carbonyl (C=O) groups excluding carboxylic acids is 1. The number of allylic oxidation sites excluding steroid dienone is 1. The Morgan fingerprint density at radius 3 is 2.25 bits per heavy atom. The smallest absolute Gasteiger partial charge is 0.399 e. The predicted octanol–water partition coefficient (Wildman–Crippen LogP) is 5.66. The highest BCUT2D eigenvalue weighted by Gasteiger charge is 2.39. The van der Waals surface area contributed by atoms with E-state index in [1.807, 2.05) is 27.7 Å². The van der Waals surface area contributed by atoms with Crippen LogP contribution in [0.2, 0.25) is 0 Å². The SMILES string of the molecule is Cc1cc(/C=C/C(c2cc(C)c(C)c(C)c2)C(F)(F)F)ccc1CNC(=O)CC[S+](C)[O-]. The third-order valence-corrected chi connectivity index (χ3v) is 6.38. The number of benzene rings is 2. The second-order valence-electron chi connectivity index (χ2n) is 8.15. The van der Waals surface area contributed by atoms with Gasteiger partial charge in [0.05, 0.1) is 18.6 Å². The first-order valence-electron chi connectivity index (χ1n) is 10.4. The third kappa shape index (κ3) is 7.41. The van der Waals surface area contributed by atoms with Crippen LogP contribution in [0.3, 0.4) is 0 Å². The van der Waals surface area contributed by atoms with Gasteiger partial charge in [-0.1, -0.05) is 53.7 Å². The third-order valence-electron chi connectivity index (χ3n) is 5.60. The van der Waals surface area contributed by atoms with Crippen LogP contribution in [0.5, 0.6) is 0 Å². The Morgan fingerprint density at radius 2 is 1.72 bits per heavy atom. The van der Waals surface area contributed by atoms with Crippen molar-refractivity contribution in [3.63, 3.8) is 0 Å². The van der Waals surface area contributed by atoms with Crippen LogP contribution >= 0.6 is 0 Å². The first-order valence-corrected chi connectivity index (χ1v) is 12.1. The van der Waals surface area contributed by atoms with Crippen LogP contribution < -0.4 is 5.32 Å². The van der Waals surface area contributed by atoms with Gasteiger partial charge in [-0.15, -0.1) is 0 Å². The maximum atomic E-state index is 13.8. The summed E-state index contributed by atoms with van der Waals surface area (Å²) >= 11 is -1.02. The number of nitrogens with one attached hydrogen (secondary N) is 1. The number of aryl methyl sites for hydroxylation is 3. The normalized spacial score (nSPS) is 13.9. The molecule has 0 aromatic heterocycles. The van der Waals surface area contributed by atoms with Crippen molar-refractivity contribution in [2.24, 2.45) is 0 Å². The van der Waals surface area contributed by atoms with Crippen LogP contribution in [-0.2, 0) is 22.5 Å². The largest absolute Gasteiger partial charge is 0.617 e. The quantitative estimate of drug-likeness (QED) is 0.511. The fourth-order valence-electron chi connectivity index (χ4n) is 3.40. The molecule has 1 amide bonds. The molecule has 2 rings (SSSR count). The number of amides is 1. The van der Waals surface area contributed by atoms with Gasteiger partial charge in [0.1, 0.15) is 5.75 Å². The molecule has 0 aliphatic heterocycles. The lowest BCUT2D eigenvalue weighted by Crippen LogP contribution is -2.25. The summed E-state index contributed by atoms with van der Waals surface area (Å²) in [5, 5.41) is 2.78.